The Morgan fingerprint density at radius 1 is 1.46 bits per heavy atom. The molecule has 1 rings (SSSR count). The summed E-state index contributed by atoms with van der Waals surface area (Å²) in [5, 5.41) is 0. The molecule has 0 atom stereocenters. The van der Waals surface area contributed by atoms with Crippen molar-refractivity contribution in [2.75, 3.05) is 6.54 Å². The lowest BCUT2D eigenvalue weighted by Crippen LogP contribution is -2.01. The van der Waals surface area contributed by atoms with E-state index in [1.54, 1.807) is 6.08 Å². The zero-order chi connectivity index (χ0) is 9.52. The minimum absolute atomic E-state index is 0.168. The monoisotopic (exact) mass is 181 g/mol. The van der Waals surface area contributed by atoms with Crippen molar-refractivity contribution in [1.29, 1.82) is 0 Å². The van der Waals surface area contributed by atoms with Crippen molar-refractivity contribution in [3.63, 3.8) is 0 Å². The van der Waals surface area contributed by atoms with Gasteiger partial charge in [0, 0.05) is 13.0 Å². The minimum atomic E-state index is -0.168. The molecular weight excluding hydrogens is 165 g/mol. The fourth-order valence-electron chi connectivity index (χ4n) is 1.24. The van der Waals surface area contributed by atoms with Crippen molar-refractivity contribution in [1.82, 2.24) is 0 Å². The van der Waals surface area contributed by atoms with Crippen molar-refractivity contribution in [3.8, 4) is 0 Å². The third-order valence-electron chi connectivity index (χ3n) is 2.03. The molecule has 0 aromatic rings. The highest BCUT2D eigenvalue weighted by molar-refractivity contribution is 6.00. The highest BCUT2D eigenvalue weighted by atomic mass is 19.1. The number of hydrogen-bond acceptors (Lipinski definition) is 1. The van der Waals surface area contributed by atoms with Gasteiger partial charge in [0.15, 0.2) is 0 Å². The molecule has 0 aromatic carbocycles. The van der Waals surface area contributed by atoms with Crippen LogP contribution in [0.2, 0.25) is 0 Å². The molecule has 0 unspecified atom stereocenters. The van der Waals surface area contributed by atoms with E-state index < -0.39 is 0 Å². The van der Waals surface area contributed by atoms with E-state index in [4.69, 9.17) is 0 Å². The number of rotatable bonds is 4. The van der Waals surface area contributed by atoms with Crippen LogP contribution in [0.1, 0.15) is 32.6 Å². The van der Waals surface area contributed by atoms with Crippen LogP contribution >= 0.6 is 0 Å². The van der Waals surface area contributed by atoms with Gasteiger partial charge in [0.2, 0.25) is 0 Å². The number of halogens is 1. The Balaban J connectivity index is 2.34. The molecule has 0 fully saturated rings. The van der Waals surface area contributed by atoms with Gasteiger partial charge in [0.1, 0.15) is 5.83 Å². The Morgan fingerprint density at radius 2 is 2.31 bits per heavy atom. The lowest BCUT2D eigenvalue weighted by atomic mass is 10.1. The van der Waals surface area contributed by atoms with Gasteiger partial charge in [-0.05, 0) is 12.5 Å². The summed E-state index contributed by atoms with van der Waals surface area (Å²) in [6.45, 7) is 2.91. The number of hydrogen-bond donors (Lipinski definition) is 0. The lowest BCUT2D eigenvalue weighted by molar-refractivity contribution is 0.671. The molecule has 1 aliphatic carbocycles. The Labute approximate surface area is 79.1 Å². The van der Waals surface area contributed by atoms with Crippen LogP contribution < -0.4 is 0 Å². The van der Waals surface area contributed by atoms with Crippen molar-refractivity contribution in [2.24, 2.45) is 4.99 Å². The molecule has 0 aliphatic heterocycles. The molecule has 2 heteroatoms. The van der Waals surface area contributed by atoms with Gasteiger partial charge in [-0.3, -0.25) is 4.99 Å². The average molecular weight is 181 g/mol. The highest BCUT2D eigenvalue weighted by Gasteiger charge is 2.05. The number of allylic oxidation sites excluding steroid dienone is 4. The zero-order valence-corrected chi connectivity index (χ0v) is 8.09. The summed E-state index contributed by atoms with van der Waals surface area (Å²) in [7, 11) is 0. The molecule has 72 valence electrons. The Bertz CT molecular complexity index is 238. The van der Waals surface area contributed by atoms with Gasteiger partial charge >= 0.3 is 0 Å². The molecule has 0 saturated heterocycles. The van der Waals surface area contributed by atoms with Gasteiger partial charge in [-0.25, -0.2) is 4.39 Å². The van der Waals surface area contributed by atoms with Gasteiger partial charge in [0.25, 0.3) is 0 Å². The standard InChI is InChI=1S/C11H16FN/c1-2-3-6-9-13-11-8-5-4-7-10(11)12/h4-5,7H,2-3,6,8-9H2,1H3. The second-order valence-electron chi connectivity index (χ2n) is 3.18. The SMILES string of the molecule is CCCCCN=C1CC=CC=C1F. The summed E-state index contributed by atoms with van der Waals surface area (Å²) in [6.07, 6.45) is 9.22. The Hall–Kier alpha value is -0.920. The van der Waals surface area contributed by atoms with E-state index in [9.17, 15) is 4.39 Å². The predicted octanol–water partition coefficient (Wildman–Crippen LogP) is 3.43. The molecule has 0 saturated carbocycles. The molecule has 0 bridgehead atoms. The van der Waals surface area contributed by atoms with Crippen LogP contribution in [0.15, 0.2) is 29.0 Å². The van der Waals surface area contributed by atoms with Gasteiger partial charge < -0.3 is 0 Å². The van der Waals surface area contributed by atoms with E-state index in [0.717, 1.165) is 13.0 Å². The molecule has 1 aliphatic rings. The van der Waals surface area contributed by atoms with Crippen LogP contribution in [-0.2, 0) is 0 Å². The zero-order valence-electron chi connectivity index (χ0n) is 8.09. The third-order valence-corrected chi connectivity index (χ3v) is 2.03. The Morgan fingerprint density at radius 3 is 3.00 bits per heavy atom. The van der Waals surface area contributed by atoms with E-state index in [1.165, 1.54) is 18.9 Å². The first kappa shape index (κ1) is 10.2. The molecule has 0 aromatic heterocycles. The van der Waals surface area contributed by atoms with E-state index in [0.29, 0.717) is 12.1 Å². The molecular formula is C11H16FN. The highest BCUT2D eigenvalue weighted by Crippen LogP contribution is 2.11. The maximum absolute atomic E-state index is 13.0. The minimum Gasteiger partial charge on any atom is -0.286 e. The van der Waals surface area contributed by atoms with Crippen LogP contribution in [0.25, 0.3) is 0 Å². The van der Waals surface area contributed by atoms with Gasteiger partial charge in [0.05, 0.1) is 5.71 Å². The maximum Gasteiger partial charge on any atom is 0.144 e. The summed E-state index contributed by atoms with van der Waals surface area (Å²) in [5.41, 5.74) is 0.610. The lowest BCUT2D eigenvalue weighted by Gasteiger charge is -2.04. The van der Waals surface area contributed by atoms with Crippen LogP contribution in [0.4, 0.5) is 4.39 Å². The van der Waals surface area contributed by atoms with E-state index in [1.807, 2.05) is 6.08 Å². The first-order chi connectivity index (χ1) is 6.34. The van der Waals surface area contributed by atoms with Crippen molar-refractivity contribution >= 4 is 5.71 Å². The van der Waals surface area contributed by atoms with E-state index in [2.05, 4.69) is 11.9 Å². The largest absolute Gasteiger partial charge is 0.286 e. The molecule has 0 radical (unpaired) electrons. The molecule has 0 spiro atoms. The van der Waals surface area contributed by atoms with Crippen molar-refractivity contribution < 1.29 is 4.39 Å². The van der Waals surface area contributed by atoms with E-state index >= 15 is 0 Å². The van der Waals surface area contributed by atoms with Crippen LogP contribution in [0, 0.1) is 0 Å². The third kappa shape index (κ3) is 3.53. The van der Waals surface area contributed by atoms with Crippen molar-refractivity contribution in [2.45, 2.75) is 32.6 Å². The molecule has 0 heterocycles. The van der Waals surface area contributed by atoms with Crippen LogP contribution in [0.3, 0.4) is 0 Å². The number of unbranched alkanes of at least 4 members (excludes halogenated alkanes) is 2. The smallest absolute Gasteiger partial charge is 0.144 e. The molecule has 0 amide bonds. The van der Waals surface area contributed by atoms with Crippen molar-refractivity contribution in [3.05, 3.63) is 24.1 Å². The summed E-state index contributed by atoms with van der Waals surface area (Å²) in [6, 6.07) is 0. The fraction of sp³-hybridized carbons (Fsp3) is 0.545. The average Bonchev–Trinajstić information content (AvgIpc) is 2.15. The summed E-state index contributed by atoms with van der Waals surface area (Å²) < 4.78 is 13.0. The first-order valence-corrected chi connectivity index (χ1v) is 4.90. The van der Waals surface area contributed by atoms with Gasteiger partial charge in [-0.1, -0.05) is 31.9 Å². The fourth-order valence-corrected chi connectivity index (χ4v) is 1.24. The number of aliphatic imine (C=N–C) groups is 1. The van der Waals surface area contributed by atoms with Gasteiger partial charge in [-0.2, -0.15) is 0 Å². The van der Waals surface area contributed by atoms with Gasteiger partial charge in [-0.15, -0.1) is 0 Å². The predicted molar refractivity (Wildman–Crippen MR) is 54.8 cm³/mol. The number of nitrogens with zero attached hydrogens (tertiary/aromatic N) is 1. The van der Waals surface area contributed by atoms with Crippen LogP contribution in [-0.4, -0.2) is 12.3 Å². The Kier molecular flexibility index (Phi) is 4.44. The topological polar surface area (TPSA) is 12.4 Å². The maximum atomic E-state index is 13.0. The normalized spacial score (nSPS) is 19.2. The molecule has 0 N–H and O–H groups in total. The quantitative estimate of drug-likeness (QED) is 0.589. The molecule has 13 heavy (non-hydrogen) atoms. The second-order valence-corrected chi connectivity index (χ2v) is 3.18. The summed E-state index contributed by atoms with van der Waals surface area (Å²) >= 11 is 0. The summed E-state index contributed by atoms with van der Waals surface area (Å²) in [5.74, 6) is -0.168. The van der Waals surface area contributed by atoms with Crippen LogP contribution in [0.5, 0.6) is 0 Å². The second kappa shape index (κ2) is 5.68. The summed E-state index contributed by atoms with van der Waals surface area (Å²) in [4.78, 5) is 4.22. The first-order valence-electron chi connectivity index (χ1n) is 4.90. The van der Waals surface area contributed by atoms with E-state index in [-0.39, 0.29) is 5.83 Å². The molecule has 1 nitrogen and oxygen atoms in total.